The molecule has 108 valence electrons. The van der Waals surface area contributed by atoms with E-state index in [1.807, 2.05) is 6.07 Å². The van der Waals surface area contributed by atoms with Crippen molar-refractivity contribution in [3.05, 3.63) is 22.7 Å². The van der Waals surface area contributed by atoms with Gasteiger partial charge in [-0.1, -0.05) is 18.5 Å². The van der Waals surface area contributed by atoms with E-state index in [1.54, 1.807) is 20.3 Å². The van der Waals surface area contributed by atoms with Crippen LogP contribution in [0, 0.1) is 0 Å². The Kier molecular flexibility index (Phi) is 6.42. The zero-order valence-corrected chi connectivity index (χ0v) is 12.4. The van der Waals surface area contributed by atoms with Crippen molar-refractivity contribution in [3.63, 3.8) is 0 Å². The molecule has 0 aromatic heterocycles. The predicted octanol–water partition coefficient (Wildman–Crippen LogP) is 2.56. The Morgan fingerprint density at radius 2 is 1.89 bits per heavy atom. The van der Waals surface area contributed by atoms with Crippen LogP contribution >= 0.6 is 11.6 Å². The molecule has 0 saturated heterocycles. The van der Waals surface area contributed by atoms with Crippen LogP contribution in [0.25, 0.3) is 0 Å². The molecule has 1 aromatic rings. The fraction of sp³-hybridized carbons (Fsp3) is 0.571. The molecule has 0 aliphatic carbocycles. The molecule has 4 nitrogen and oxygen atoms in total. The minimum absolute atomic E-state index is 0.150. The minimum atomic E-state index is -0.518. The van der Waals surface area contributed by atoms with E-state index in [-0.39, 0.29) is 12.5 Å². The van der Waals surface area contributed by atoms with Gasteiger partial charge in [-0.15, -0.1) is 0 Å². The molecule has 5 heteroatoms. The molecule has 0 amide bonds. The molecule has 1 aromatic carbocycles. The van der Waals surface area contributed by atoms with Crippen molar-refractivity contribution in [1.29, 1.82) is 0 Å². The number of hydrogen-bond acceptors (Lipinski definition) is 4. The first-order valence-electron chi connectivity index (χ1n) is 6.36. The van der Waals surface area contributed by atoms with E-state index in [2.05, 4.69) is 6.92 Å². The van der Waals surface area contributed by atoms with Gasteiger partial charge < -0.3 is 20.3 Å². The molecule has 0 aliphatic rings. The summed E-state index contributed by atoms with van der Waals surface area (Å²) < 4.78 is 10.6. The lowest BCUT2D eigenvalue weighted by atomic mass is 9.90. The Morgan fingerprint density at radius 1 is 1.26 bits per heavy atom. The van der Waals surface area contributed by atoms with Gasteiger partial charge in [0.15, 0.2) is 0 Å². The normalized spacial score (nSPS) is 14.0. The van der Waals surface area contributed by atoms with Gasteiger partial charge in [0.2, 0.25) is 0 Å². The van der Waals surface area contributed by atoms with Crippen molar-refractivity contribution >= 4 is 11.6 Å². The first-order valence-corrected chi connectivity index (χ1v) is 6.74. The third kappa shape index (κ3) is 4.00. The largest absolute Gasteiger partial charge is 0.496 e. The van der Waals surface area contributed by atoms with E-state index in [0.717, 1.165) is 17.7 Å². The van der Waals surface area contributed by atoms with Crippen LogP contribution < -0.4 is 15.2 Å². The van der Waals surface area contributed by atoms with E-state index in [4.69, 9.17) is 26.8 Å². The van der Waals surface area contributed by atoms with Crippen molar-refractivity contribution in [2.24, 2.45) is 5.73 Å². The van der Waals surface area contributed by atoms with Gasteiger partial charge >= 0.3 is 0 Å². The van der Waals surface area contributed by atoms with Gasteiger partial charge in [-0.05, 0) is 30.4 Å². The van der Waals surface area contributed by atoms with Crippen LogP contribution in [-0.2, 0) is 0 Å². The minimum Gasteiger partial charge on any atom is -0.496 e. The van der Waals surface area contributed by atoms with Crippen LogP contribution in [0.3, 0.4) is 0 Å². The maximum Gasteiger partial charge on any atom is 0.141 e. The summed E-state index contributed by atoms with van der Waals surface area (Å²) in [6.07, 6.45) is 0.942. The third-order valence-corrected chi connectivity index (χ3v) is 3.56. The zero-order chi connectivity index (χ0) is 14.4. The van der Waals surface area contributed by atoms with Crippen molar-refractivity contribution in [3.8, 4) is 11.5 Å². The Morgan fingerprint density at radius 3 is 2.37 bits per heavy atom. The van der Waals surface area contributed by atoms with Crippen LogP contribution in [0.5, 0.6) is 11.5 Å². The molecule has 2 unspecified atom stereocenters. The van der Waals surface area contributed by atoms with Crippen LogP contribution in [0.2, 0.25) is 5.02 Å². The topological polar surface area (TPSA) is 64.7 Å². The monoisotopic (exact) mass is 287 g/mol. The first-order chi connectivity index (χ1) is 9.07. The standard InChI is InChI=1S/C14H22ClNO3/c1-4-9(5-10(17)8-16)11-6-12(15)14(19-3)7-13(11)18-2/h6-7,9-10,17H,4-5,8,16H2,1-3H3. The van der Waals surface area contributed by atoms with Crippen molar-refractivity contribution < 1.29 is 14.6 Å². The molecular formula is C14H22ClNO3. The molecule has 0 saturated carbocycles. The molecule has 0 spiro atoms. The fourth-order valence-electron chi connectivity index (χ4n) is 2.14. The SMILES string of the molecule is CCC(CC(O)CN)c1cc(Cl)c(OC)cc1OC. The lowest BCUT2D eigenvalue weighted by Gasteiger charge is -2.21. The van der Waals surface area contributed by atoms with Crippen LogP contribution in [0.15, 0.2) is 12.1 Å². The summed E-state index contributed by atoms with van der Waals surface area (Å²) in [5.41, 5.74) is 6.45. The van der Waals surface area contributed by atoms with Crippen molar-refractivity contribution in [2.75, 3.05) is 20.8 Å². The van der Waals surface area contributed by atoms with E-state index in [1.165, 1.54) is 0 Å². The second kappa shape index (κ2) is 7.58. The summed E-state index contributed by atoms with van der Waals surface area (Å²) in [5, 5.41) is 10.3. The lowest BCUT2D eigenvalue weighted by molar-refractivity contribution is 0.161. The number of aliphatic hydroxyl groups excluding tert-OH is 1. The number of aliphatic hydroxyl groups is 1. The summed E-state index contributed by atoms with van der Waals surface area (Å²) >= 11 is 6.16. The number of rotatable bonds is 7. The summed E-state index contributed by atoms with van der Waals surface area (Å²) in [6, 6.07) is 3.62. The first kappa shape index (κ1) is 16.1. The second-order valence-electron chi connectivity index (χ2n) is 4.46. The van der Waals surface area contributed by atoms with E-state index >= 15 is 0 Å². The number of halogens is 1. The number of methoxy groups -OCH3 is 2. The van der Waals surface area contributed by atoms with Gasteiger partial charge in [0.05, 0.1) is 25.3 Å². The predicted molar refractivity (Wildman–Crippen MR) is 77.3 cm³/mol. The van der Waals surface area contributed by atoms with Gasteiger partial charge in [0.25, 0.3) is 0 Å². The average molecular weight is 288 g/mol. The number of ether oxygens (including phenoxy) is 2. The highest BCUT2D eigenvalue weighted by molar-refractivity contribution is 6.32. The van der Waals surface area contributed by atoms with Gasteiger partial charge in [0, 0.05) is 12.6 Å². The highest BCUT2D eigenvalue weighted by Gasteiger charge is 2.20. The van der Waals surface area contributed by atoms with E-state index in [0.29, 0.717) is 17.2 Å². The van der Waals surface area contributed by atoms with Gasteiger partial charge in [-0.25, -0.2) is 0 Å². The molecule has 0 radical (unpaired) electrons. The Balaban J connectivity index is 3.11. The fourth-order valence-corrected chi connectivity index (χ4v) is 2.39. The number of hydrogen-bond donors (Lipinski definition) is 2. The van der Waals surface area contributed by atoms with Gasteiger partial charge in [0.1, 0.15) is 11.5 Å². The number of benzene rings is 1. The summed E-state index contributed by atoms with van der Waals surface area (Å²) in [4.78, 5) is 0. The van der Waals surface area contributed by atoms with Crippen molar-refractivity contribution in [1.82, 2.24) is 0 Å². The third-order valence-electron chi connectivity index (χ3n) is 3.27. The molecule has 0 aliphatic heterocycles. The molecule has 0 heterocycles. The summed E-state index contributed by atoms with van der Waals surface area (Å²) in [6.45, 7) is 2.31. The molecule has 1 rings (SSSR count). The quantitative estimate of drug-likeness (QED) is 0.809. The highest BCUT2D eigenvalue weighted by Crippen LogP contribution is 2.39. The Hall–Kier alpha value is -0.970. The lowest BCUT2D eigenvalue weighted by Crippen LogP contribution is -2.22. The van der Waals surface area contributed by atoms with Gasteiger partial charge in [-0.3, -0.25) is 0 Å². The summed E-state index contributed by atoms with van der Waals surface area (Å²) in [5.74, 6) is 1.45. The maximum atomic E-state index is 9.73. The molecule has 3 N–H and O–H groups in total. The van der Waals surface area contributed by atoms with Crippen LogP contribution in [0.1, 0.15) is 31.2 Å². The highest BCUT2D eigenvalue weighted by atomic mass is 35.5. The number of nitrogens with two attached hydrogens (primary N) is 1. The van der Waals surface area contributed by atoms with Crippen LogP contribution in [-0.4, -0.2) is 32.0 Å². The second-order valence-corrected chi connectivity index (χ2v) is 4.87. The Bertz CT molecular complexity index is 412. The Labute approximate surface area is 119 Å². The van der Waals surface area contributed by atoms with Gasteiger partial charge in [-0.2, -0.15) is 0 Å². The van der Waals surface area contributed by atoms with E-state index < -0.39 is 6.10 Å². The zero-order valence-electron chi connectivity index (χ0n) is 11.6. The molecule has 0 bridgehead atoms. The average Bonchev–Trinajstić information content (AvgIpc) is 2.44. The molecular weight excluding hydrogens is 266 g/mol. The summed E-state index contributed by atoms with van der Waals surface area (Å²) in [7, 11) is 3.17. The molecule has 2 atom stereocenters. The molecule has 19 heavy (non-hydrogen) atoms. The maximum absolute atomic E-state index is 9.73. The van der Waals surface area contributed by atoms with Crippen molar-refractivity contribution in [2.45, 2.75) is 31.8 Å². The van der Waals surface area contributed by atoms with Crippen LogP contribution in [0.4, 0.5) is 0 Å². The molecule has 0 fully saturated rings. The van der Waals surface area contributed by atoms with E-state index in [9.17, 15) is 5.11 Å². The smallest absolute Gasteiger partial charge is 0.141 e.